The molecule has 10 heteroatoms. The first kappa shape index (κ1) is 27.8. The van der Waals surface area contributed by atoms with Crippen molar-refractivity contribution in [2.45, 2.75) is 20.0 Å². The van der Waals surface area contributed by atoms with Gasteiger partial charge in [0.25, 0.3) is 0 Å². The van der Waals surface area contributed by atoms with Gasteiger partial charge >= 0.3 is 0 Å². The minimum atomic E-state index is -1.22. The Labute approximate surface area is 172 Å². The van der Waals surface area contributed by atoms with E-state index in [4.69, 9.17) is 28.4 Å². The van der Waals surface area contributed by atoms with Crippen LogP contribution in [0.25, 0.3) is 0 Å². The van der Waals surface area contributed by atoms with Crippen molar-refractivity contribution in [3.05, 3.63) is 0 Å². The molecule has 1 atom stereocenters. The number of amides is 1. The molecule has 0 saturated carbocycles. The summed E-state index contributed by atoms with van der Waals surface area (Å²) < 4.78 is 44.7. The van der Waals surface area contributed by atoms with Gasteiger partial charge in [-0.05, 0) is 0 Å². The van der Waals surface area contributed by atoms with Gasteiger partial charge in [0.15, 0.2) is 5.78 Å². The van der Waals surface area contributed by atoms with Gasteiger partial charge in [-0.15, -0.1) is 0 Å². The number of hydrogen-bond donors (Lipinski definition) is 1. The molecule has 0 aliphatic heterocycles. The van der Waals surface area contributed by atoms with Gasteiger partial charge in [-0.2, -0.15) is 0 Å². The highest BCUT2D eigenvalue weighted by Crippen LogP contribution is 1.94. The lowest BCUT2D eigenvalue weighted by molar-refractivity contribution is -0.127. The molecule has 0 aliphatic rings. The fourth-order valence-corrected chi connectivity index (χ4v) is 1.78. The number of nitrogens with one attached hydrogen (secondary N) is 1. The highest BCUT2D eigenvalue weighted by atomic mass is 19.1. The third-order valence-corrected chi connectivity index (χ3v) is 3.47. The van der Waals surface area contributed by atoms with Gasteiger partial charge in [0.1, 0.15) is 12.8 Å². The van der Waals surface area contributed by atoms with E-state index in [0.717, 1.165) is 0 Å². The second-order valence-corrected chi connectivity index (χ2v) is 6.32. The summed E-state index contributed by atoms with van der Waals surface area (Å²) in [5.74, 6) is 0.0771. The predicted octanol–water partition coefficient (Wildman–Crippen LogP) is 0.395. The highest BCUT2D eigenvalue weighted by Gasteiger charge is 2.06. The predicted molar refractivity (Wildman–Crippen MR) is 104 cm³/mol. The van der Waals surface area contributed by atoms with Crippen molar-refractivity contribution in [1.82, 2.24) is 5.32 Å². The Kier molecular flexibility index (Phi) is 20.7. The van der Waals surface area contributed by atoms with Crippen LogP contribution in [0.3, 0.4) is 0 Å². The van der Waals surface area contributed by atoms with Crippen molar-refractivity contribution in [1.29, 1.82) is 0 Å². The lowest BCUT2D eigenvalue weighted by Crippen LogP contribution is -2.26. The average Bonchev–Trinajstić information content (AvgIpc) is 2.70. The van der Waals surface area contributed by atoms with E-state index < -0.39 is 6.17 Å². The zero-order chi connectivity index (χ0) is 21.6. The van der Waals surface area contributed by atoms with Crippen LogP contribution in [0.4, 0.5) is 4.39 Å². The molecule has 172 valence electrons. The summed E-state index contributed by atoms with van der Waals surface area (Å²) >= 11 is 0. The third-order valence-electron chi connectivity index (χ3n) is 3.47. The lowest BCUT2D eigenvalue weighted by Gasteiger charge is -2.09. The molecule has 1 N–H and O–H groups in total. The number of hydrogen-bond acceptors (Lipinski definition) is 8. The average molecular weight is 425 g/mol. The summed E-state index contributed by atoms with van der Waals surface area (Å²) in [6.07, 6.45) is -0.770. The molecule has 0 aromatic carbocycles. The number of carbonyl (C=O) groups excluding carboxylic acids is 2. The largest absolute Gasteiger partial charge is 0.377 e. The monoisotopic (exact) mass is 425 g/mol. The normalized spacial score (nSPS) is 12.3. The molecule has 0 fully saturated rings. The van der Waals surface area contributed by atoms with Gasteiger partial charge in [-0.3, -0.25) is 9.59 Å². The molecule has 0 aromatic heterocycles. The summed E-state index contributed by atoms with van der Waals surface area (Å²) in [5.41, 5.74) is 0. The van der Waals surface area contributed by atoms with Crippen molar-refractivity contribution in [2.75, 3.05) is 85.8 Å². The Morgan fingerprint density at radius 2 is 1.21 bits per heavy atom. The van der Waals surface area contributed by atoms with Gasteiger partial charge in [0.05, 0.1) is 79.2 Å². The van der Waals surface area contributed by atoms with E-state index in [-0.39, 0.29) is 38.1 Å². The van der Waals surface area contributed by atoms with E-state index in [1.54, 1.807) is 0 Å². The maximum atomic E-state index is 13.1. The molecule has 0 heterocycles. The zero-order valence-electron chi connectivity index (χ0n) is 17.6. The second kappa shape index (κ2) is 21.5. The Hall–Kier alpha value is -1.17. The number of carbonyl (C=O) groups is 2. The number of ketones is 1. The van der Waals surface area contributed by atoms with Gasteiger partial charge in [-0.25, -0.2) is 4.39 Å². The number of ether oxygens (including phenoxy) is 6. The molecular formula is C19H36FNO8. The van der Waals surface area contributed by atoms with Crippen LogP contribution in [0.5, 0.6) is 0 Å². The van der Waals surface area contributed by atoms with Crippen molar-refractivity contribution in [3.63, 3.8) is 0 Å². The summed E-state index contributed by atoms with van der Waals surface area (Å²) in [6, 6.07) is 0. The minimum absolute atomic E-state index is 0.00821. The minimum Gasteiger partial charge on any atom is -0.377 e. The topological polar surface area (TPSA) is 102 Å². The van der Waals surface area contributed by atoms with Crippen LogP contribution in [0.2, 0.25) is 0 Å². The second-order valence-electron chi connectivity index (χ2n) is 6.32. The van der Waals surface area contributed by atoms with Crippen molar-refractivity contribution in [3.8, 4) is 0 Å². The molecule has 1 unspecified atom stereocenters. The van der Waals surface area contributed by atoms with Crippen molar-refractivity contribution >= 4 is 12.2 Å². The highest BCUT2D eigenvalue weighted by molar-refractivity contribution is 5.81. The van der Waals surface area contributed by atoms with E-state index >= 15 is 0 Å². The first-order valence-electron chi connectivity index (χ1n) is 9.88. The van der Waals surface area contributed by atoms with Crippen LogP contribution >= 0.6 is 0 Å². The Bertz CT molecular complexity index is 387. The summed E-state index contributed by atoms with van der Waals surface area (Å²) in [6.45, 7) is 7.79. The van der Waals surface area contributed by atoms with Gasteiger partial charge in [0, 0.05) is 5.92 Å². The third kappa shape index (κ3) is 21.4. The summed E-state index contributed by atoms with van der Waals surface area (Å²) in [7, 11) is 0. The quantitative estimate of drug-likeness (QED) is 0.185. The smallest absolute Gasteiger partial charge is 0.207 e. The van der Waals surface area contributed by atoms with Crippen molar-refractivity contribution < 1.29 is 42.4 Å². The maximum absolute atomic E-state index is 13.1. The molecule has 9 nitrogen and oxygen atoms in total. The number of alkyl halides is 1. The molecule has 0 radical (unpaired) electrons. The molecule has 0 aliphatic carbocycles. The number of Topliss-reactive ketones (excluding diaryl/α,β-unsaturated/α-hetero) is 1. The van der Waals surface area contributed by atoms with Crippen LogP contribution in [-0.2, 0) is 38.0 Å². The van der Waals surface area contributed by atoms with Crippen LogP contribution in [0.1, 0.15) is 13.8 Å². The van der Waals surface area contributed by atoms with Gasteiger partial charge in [0.2, 0.25) is 6.41 Å². The number of rotatable bonds is 23. The Morgan fingerprint density at radius 1 is 0.793 bits per heavy atom. The van der Waals surface area contributed by atoms with E-state index in [1.165, 1.54) is 0 Å². The lowest BCUT2D eigenvalue weighted by atomic mass is 10.1. The first-order chi connectivity index (χ1) is 14.1. The molecule has 0 aromatic rings. The van der Waals surface area contributed by atoms with Crippen LogP contribution < -0.4 is 5.32 Å². The molecule has 0 bridgehead atoms. The van der Waals surface area contributed by atoms with Gasteiger partial charge in [-0.1, -0.05) is 13.8 Å². The van der Waals surface area contributed by atoms with E-state index in [9.17, 15) is 14.0 Å². The van der Waals surface area contributed by atoms with Gasteiger partial charge < -0.3 is 33.7 Å². The van der Waals surface area contributed by atoms with Crippen LogP contribution in [-0.4, -0.2) is 104 Å². The number of halogens is 1. The first-order valence-corrected chi connectivity index (χ1v) is 9.88. The summed E-state index contributed by atoms with van der Waals surface area (Å²) in [4.78, 5) is 21.3. The molecule has 0 spiro atoms. The SMILES string of the molecule is CC(C)C(=O)COCCOCCOCCOCCOCCOCC(F)CNC=O. The van der Waals surface area contributed by atoms with Crippen LogP contribution in [0, 0.1) is 5.92 Å². The molecule has 1 amide bonds. The molecular weight excluding hydrogens is 389 g/mol. The van der Waals surface area contributed by atoms with Crippen LogP contribution in [0.15, 0.2) is 0 Å². The fourth-order valence-electron chi connectivity index (χ4n) is 1.78. The zero-order valence-corrected chi connectivity index (χ0v) is 17.6. The van der Waals surface area contributed by atoms with E-state index in [0.29, 0.717) is 65.9 Å². The maximum Gasteiger partial charge on any atom is 0.207 e. The van der Waals surface area contributed by atoms with Crippen molar-refractivity contribution in [2.24, 2.45) is 5.92 Å². The van der Waals surface area contributed by atoms with E-state index in [1.807, 2.05) is 13.8 Å². The summed E-state index contributed by atoms with van der Waals surface area (Å²) in [5, 5.41) is 2.25. The molecule has 0 rings (SSSR count). The van der Waals surface area contributed by atoms with E-state index in [2.05, 4.69) is 5.32 Å². The Morgan fingerprint density at radius 3 is 1.62 bits per heavy atom. The molecule has 0 saturated heterocycles. The Balaban J connectivity index is 3.12. The standard InChI is InChI=1S/C19H36FNO8/c1-17(2)19(23)15-29-12-10-27-8-6-25-4-3-24-5-7-26-9-11-28-14-18(20)13-21-16-22/h16-18H,3-15H2,1-2H3,(H,21,22). The fraction of sp³-hybridized carbons (Fsp3) is 0.895. The molecule has 29 heavy (non-hydrogen) atoms.